The van der Waals surface area contributed by atoms with Crippen molar-refractivity contribution in [2.75, 3.05) is 0 Å². The monoisotopic (exact) mass is 326 g/mol. The van der Waals surface area contributed by atoms with Crippen molar-refractivity contribution < 1.29 is 0 Å². The van der Waals surface area contributed by atoms with Crippen molar-refractivity contribution >= 4 is 58.2 Å². The Balaban J connectivity index is 2.94. The van der Waals surface area contributed by atoms with E-state index in [2.05, 4.69) is 6.07 Å². The number of benzene rings is 1. The van der Waals surface area contributed by atoms with E-state index in [4.69, 9.17) is 46.4 Å². The minimum atomic E-state index is 0.0779. The fourth-order valence-corrected chi connectivity index (χ4v) is 3.03. The Bertz CT molecular complexity index is 453. The highest BCUT2D eigenvalue weighted by Crippen LogP contribution is 2.35. The van der Waals surface area contributed by atoms with Gasteiger partial charge in [-0.1, -0.05) is 64.2 Å². The van der Waals surface area contributed by atoms with Crippen LogP contribution < -0.4 is 0 Å². The lowest BCUT2D eigenvalue weighted by Crippen LogP contribution is -1.80. The van der Waals surface area contributed by atoms with Crippen molar-refractivity contribution in [3.63, 3.8) is 0 Å². The fraction of sp³-hybridized carbons (Fsp3) is 0.167. The minimum absolute atomic E-state index is 0.0779. The molecule has 0 aliphatic carbocycles. The lowest BCUT2D eigenvalue weighted by Gasteiger charge is -2.04. The number of halogens is 4. The average molecular weight is 328 g/mol. The van der Waals surface area contributed by atoms with E-state index in [9.17, 15) is 0 Å². The summed E-state index contributed by atoms with van der Waals surface area (Å²) < 4.78 is 0.518. The highest BCUT2D eigenvalue weighted by atomic mass is 35.5. The first kappa shape index (κ1) is 15.3. The number of rotatable bonds is 3. The van der Waals surface area contributed by atoms with Crippen molar-refractivity contribution in [1.82, 2.24) is 0 Å². The van der Waals surface area contributed by atoms with E-state index in [1.165, 1.54) is 29.0 Å². The van der Waals surface area contributed by atoms with Gasteiger partial charge in [-0.15, -0.1) is 0 Å². The van der Waals surface area contributed by atoms with Gasteiger partial charge in [0.1, 0.15) is 4.49 Å². The van der Waals surface area contributed by atoms with E-state index in [-0.39, 0.29) is 4.49 Å². The second kappa shape index (κ2) is 6.96. The van der Waals surface area contributed by atoms with Crippen LogP contribution in [0.4, 0.5) is 0 Å². The Morgan fingerprint density at radius 3 is 2.00 bits per heavy atom. The summed E-state index contributed by atoms with van der Waals surface area (Å²) in [5.41, 5.74) is 2.36. The Kier molecular flexibility index (Phi) is 6.25. The summed E-state index contributed by atoms with van der Waals surface area (Å²) >= 11 is 24.4. The average Bonchev–Trinajstić information content (AvgIpc) is 2.14. The largest absolute Gasteiger partial charge is 0.108 e. The SMILES string of the molecule is Cc1cc(C)cc(S/C(Cl)=C(/Cl)C=C(Cl)Cl)c1. The number of aryl methyl sites for hydroxylation is 2. The Hall–Kier alpha value is 0.210. The Morgan fingerprint density at radius 1 is 1.00 bits per heavy atom. The van der Waals surface area contributed by atoms with Gasteiger partial charge in [-0.05, 0) is 43.2 Å². The molecule has 92 valence electrons. The standard InChI is InChI=1S/C12H10Cl4S/c1-7-3-8(2)5-9(4-7)17-12(16)10(13)6-11(14)15/h3-6H,1-2H3/b12-10+. The molecule has 1 rings (SSSR count). The van der Waals surface area contributed by atoms with Gasteiger partial charge in [0, 0.05) is 4.90 Å². The topological polar surface area (TPSA) is 0 Å². The van der Waals surface area contributed by atoms with Gasteiger partial charge in [-0.3, -0.25) is 0 Å². The second-order valence-corrected chi connectivity index (χ2v) is 6.58. The van der Waals surface area contributed by atoms with Crippen molar-refractivity contribution in [3.05, 3.63) is 49.3 Å². The highest BCUT2D eigenvalue weighted by molar-refractivity contribution is 8.04. The zero-order valence-electron chi connectivity index (χ0n) is 9.23. The summed E-state index contributed by atoms with van der Waals surface area (Å²) in [6.45, 7) is 4.07. The summed E-state index contributed by atoms with van der Waals surface area (Å²) in [4.78, 5) is 1.03. The molecule has 0 spiro atoms. The third-order valence-corrected chi connectivity index (χ3v) is 3.86. The van der Waals surface area contributed by atoms with Crippen LogP contribution in [0.3, 0.4) is 0 Å². The van der Waals surface area contributed by atoms with E-state index < -0.39 is 0 Å². The summed E-state index contributed by atoms with van der Waals surface area (Å²) in [7, 11) is 0. The summed E-state index contributed by atoms with van der Waals surface area (Å²) in [6.07, 6.45) is 1.41. The maximum atomic E-state index is 6.06. The maximum absolute atomic E-state index is 6.06. The predicted octanol–water partition coefficient (Wildman–Crippen LogP) is 6.36. The van der Waals surface area contributed by atoms with Crippen LogP contribution in [0.1, 0.15) is 11.1 Å². The normalized spacial score (nSPS) is 12.1. The summed E-state index contributed by atoms with van der Waals surface area (Å²) in [6, 6.07) is 6.17. The molecular weight excluding hydrogens is 318 g/mol. The molecule has 0 aliphatic rings. The molecule has 0 saturated carbocycles. The lowest BCUT2D eigenvalue weighted by molar-refractivity contribution is 1.30. The molecule has 0 amide bonds. The van der Waals surface area contributed by atoms with E-state index in [0.29, 0.717) is 9.40 Å². The second-order valence-electron chi connectivity index (χ2n) is 3.48. The highest BCUT2D eigenvalue weighted by Gasteiger charge is 2.04. The molecule has 1 aromatic carbocycles. The van der Waals surface area contributed by atoms with Gasteiger partial charge in [0.15, 0.2) is 0 Å². The van der Waals surface area contributed by atoms with E-state index >= 15 is 0 Å². The predicted molar refractivity (Wildman–Crippen MR) is 80.3 cm³/mol. The Morgan fingerprint density at radius 2 is 1.53 bits per heavy atom. The molecule has 5 heteroatoms. The first-order valence-electron chi connectivity index (χ1n) is 4.72. The summed E-state index contributed by atoms with van der Waals surface area (Å²) in [5.74, 6) is 0. The van der Waals surface area contributed by atoms with Gasteiger partial charge in [0.05, 0.1) is 9.40 Å². The first-order chi connectivity index (χ1) is 7.88. The molecule has 0 unspecified atom stereocenters. The lowest BCUT2D eigenvalue weighted by atomic mass is 10.2. The molecule has 0 nitrogen and oxygen atoms in total. The van der Waals surface area contributed by atoms with Crippen molar-refractivity contribution in [1.29, 1.82) is 0 Å². The smallest absolute Gasteiger partial charge is 0.0820 e. The number of hydrogen-bond donors (Lipinski definition) is 0. The van der Waals surface area contributed by atoms with Crippen LogP contribution in [-0.4, -0.2) is 0 Å². The minimum Gasteiger partial charge on any atom is -0.0820 e. The molecule has 1 aromatic rings. The van der Waals surface area contributed by atoms with Gasteiger partial charge in [-0.25, -0.2) is 0 Å². The molecule has 0 fully saturated rings. The van der Waals surface area contributed by atoms with Crippen LogP contribution in [0.25, 0.3) is 0 Å². The van der Waals surface area contributed by atoms with Gasteiger partial charge < -0.3 is 0 Å². The van der Waals surface area contributed by atoms with Gasteiger partial charge in [0.25, 0.3) is 0 Å². The Labute approximate surface area is 126 Å². The molecule has 0 aromatic heterocycles. The van der Waals surface area contributed by atoms with Crippen LogP contribution in [0.5, 0.6) is 0 Å². The third kappa shape index (κ3) is 5.58. The van der Waals surface area contributed by atoms with Crippen LogP contribution in [-0.2, 0) is 0 Å². The first-order valence-corrected chi connectivity index (χ1v) is 7.05. The molecule has 0 atom stereocenters. The van der Waals surface area contributed by atoms with E-state index in [1.807, 2.05) is 26.0 Å². The van der Waals surface area contributed by atoms with Crippen molar-refractivity contribution in [3.8, 4) is 0 Å². The molecule has 0 radical (unpaired) electrons. The molecule has 0 bridgehead atoms. The van der Waals surface area contributed by atoms with Crippen LogP contribution in [0.2, 0.25) is 0 Å². The summed E-state index contributed by atoms with van der Waals surface area (Å²) in [5, 5.41) is 0.329. The molecule has 0 aliphatic heterocycles. The molecule has 0 saturated heterocycles. The number of thioether (sulfide) groups is 1. The zero-order valence-corrected chi connectivity index (χ0v) is 13.1. The van der Waals surface area contributed by atoms with Gasteiger partial charge in [-0.2, -0.15) is 0 Å². The molecular formula is C12H10Cl4S. The molecule has 0 heterocycles. The van der Waals surface area contributed by atoms with E-state index in [1.54, 1.807) is 0 Å². The van der Waals surface area contributed by atoms with Crippen LogP contribution in [0.15, 0.2) is 43.1 Å². The molecule has 17 heavy (non-hydrogen) atoms. The van der Waals surface area contributed by atoms with Crippen molar-refractivity contribution in [2.45, 2.75) is 18.7 Å². The van der Waals surface area contributed by atoms with Crippen LogP contribution in [0, 0.1) is 13.8 Å². The maximum Gasteiger partial charge on any atom is 0.108 e. The molecule has 0 N–H and O–H groups in total. The van der Waals surface area contributed by atoms with Crippen LogP contribution >= 0.6 is 58.2 Å². The number of hydrogen-bond acceptors (Lipinski definition) is 1. The third-order valence-electron chi connectivity index (χ3n) is 1.83. The van der Waals surface area contributed by atoms with Gasteiger partial charge in [0.2, 0.25) is 0 Å². The zero-order chi connectivity index (χ0) is 13.0. The van der Waals surface area contributed by atoms with Crippen molar-refractivity contribution in [2.24, 2.45) is 0 Å². The number of allylic oxidation sites excluding steroid dienone is 2. The van der Waals surface area contributed by atoms with Gasteiger partial charge >= 0.3 is 0 Å². The van der Waals surface area contributed by atoms with E-state index in [0.717, 1.165) is 4.90 Å². The quantitative estimate of drug-likeness (QED) is 0.459. The fourth-order valence-electron chi connectivity index (χ4n) is 1.30.